The van der Waals surface area contributed by atoms with Crippen molar-refractivity contribution in [3.63, 3.8) is 0 Å². The maximum Gasteiger partial charge on any atom is 0.332 e. The van der Waals surface area contributed by atoms with Gasteiger partial charge in [0.05, 0.1) is 19.1 Å². The first-order chi connectivity index (χ1) is 10.4. The third-order valence-corrected chi connectivity index (χ3v) is 3.70. The molecule has 6 heteroatoms. The van der Waals surface area contributed by atoms with Crippen LogP contribution in [0.5, 0.6) is 0 Å². The molecule has 1 heterocycles. The molecule has 1 unspecified atom stereocenters. The average molecular weight is 321 g/mol. The van der Waals surface area contributed by atoms with Crippen molar-refractivity contribution in [1.29, 1.82) is 0 Å². The SMILES string of the molecule is CC1(C)O[CH][C](C(N)(C=S)C(=O)OCc2ccccc2)CO1. The minimum Gasteiger partial charge on any atom is -0.459 e. The van der Waals surface area contributed by atoms with E-state index in [-0.39, 0.29) is 13.2 Å². The Hall–Kier alpha value is -1.34. The fraction of sp³-hybridized carbons (Fsp3) is 0.375. The van der Waals surface area contributed by atoms with E-state index in [1.54, 1.807) is 13.8 Å². The number of esters is 1. The zero-order valence-corrected chi connectivity index (χ0v) is 13.4. The Morgan fingerprint density at radius 2 is 2.14 bits per heavy atom. The Morgan fingerprint density at radius 3 is 2.68 bits per heavy atom. The highest BCUT2D eigenvalue weighted by atomic mass is 32.1. The summed E-state index contributed by atoms with van der Waals surface area (Å²) in [6.45, 7) is 5.24. The quantitative estimate of drug-likeness (QED) is 0.660. The standard InChI is InChI=1S/C16H19NO4S/c1-15(2)20-9-13(10-21-15)16(17,11-22)14(18)19-8-12-6-4-3-5-7-12/h3-7,9,11H,8,10,17H2,1-2H3. The van der Waals surface area contributed by atoms with Gasteiger partial charge in [-0.3, -0.25) is 0 Å². The molecule has 22 heavy (non-hydrogen) atoms. The van der Waals surface area contributed by atoms with Crippen molar-refractivity contribution in [2.75, 3.05) is 6.61 Å². The van der Waals surface area contributed by atoms with Crippen LogP contribution in [0.1, 0.15) is 19.4 Å². The lowest BCUT2D eigenvalue weighted by molar-refractivity contribution is -0.217. The van der Waals surface area contributed by atoms with Crippen molar-refractivity contribution in [2.24, 2.45) is 5.73 Å². The molecular weight excluding hydrogens is 302 g/mol. The van der Waals surface area contributed by atoms with Crippen LogP contribution in [-0.2, 0) is 25.6 Å². The summed E-state index contributed by atoms with van der Waals surface area (Å²) in [5.41, 5.74) is 5.43. The van der Waals surface area contributed by atoms with Gasteiger partial charge in [0.15, 0.2) is 11.3 Å². The van der Waals surface area contributed by atoms with Crippen LogP contribution in [0.25, 0.3) is 0 Å². The van der Waals surface area contributed by atoms with E-state index in [0.717, 1.165) is 5.56 Å². The van der Waals surface area contributed by atoms with Crippen molar-refractivity contribution in [2.45, 2.75) is 31.8 Å². The summed E-state index contributed by atoms with van der Waals surface area (Å²) in [6.07, 6.45) is 0. The van der Waals surface area contributed by atoms with Gasteiger partial charge in [-0.25, -0.2) is 4.79 Å². The van der Waals surface area contributed by atoms with Crippen LogP contribution in [0, 0.1) is 12.5 Å². The Labute approximate surface area is 135 Å². The maximum atomic E-state index is 12.3. The third kappa shape index (κ3) is 3.89. The van der Waals surface area contributed by atoms with E-state index in [0.29, 0.717) is 5.92 Å². The van der Waals surface area contributed by atoms with Crippen LogP contribution in [-0.4, -0.2) is 29.3 Å². The second-order valence-corrected chi connectivity index (χ2v) is 5.73. The fourth-order valence-electron chi connectivity index (χ4n) is 1.85. The maximum absolute atomic E-state index is 12.3. The van der Waals surface area contributed by atoms with Gasteiger partial charge in [-0.1, -0.05) is 42.5 Å². The summed E-state index contributed by atoms with van der Waals surface area (Å²) in [7, 11) is 0. The molecule has 2 N–H and O–H groups in total. The molecule has 1 saturated heterocycles. The van der Waals surface area contributed by atoms with Gasteiger partial charge in [-0.2, -0.15) is 0 Å². The number of carbonyl (C=O) groups is 1. The van der Waals surface area contributed by atoms with Crippen LogP contribution in [0.4, 0.5) is 0 Å². The Morgan fingerprint density at radius 1 is 1.45 bits per heavy atom. The summed E-state index contributed by atoms with van der Waals surface area (Å²) in [5, 5.41) is 1.18. The van der Waals surface area contributed by atoms with Gasteiger partial charge < -0.3 is 19.9 Å². The van der Waals surface area contributed by atoms with Crippen LogP contribution in [0.15, 0.2) is 30.3 Å². The van der Waals surface area contributed by atoms with E-state index in [1.807, 2.05) is 30.3 Å². The molecule has 0 saturated carbocycles. The lowest BCUT2D eigenvalue weighted by atomic mass is 9.87. The predicted molar refractivity (Wildman–Crippen MR) is 85.5 cm³/mol. The van der Waals surface area contributed by atoms with Gasteiger partial charge >= 0.3 is 5.97 Å². The molecule has 1 aliphatic heterocycles. The normalized spacial score (nSPS) is 20.9. The highest BCUT2D eigenvalue weighted by Crippen LogP contribution is 2.31. The Balaban J connectivity index is 1.99. The number of hydrogen-bond acceptors (Lipinski definition) is 6. The summed E-state index contributed by atoms with van der Waals surface area (Å²) in [6, 6.07) is 9.34. The molecule has 0 spiro atoms. The number of nitrogens with two attached hydrogens (primary N) is 1. The third-order valence-electron chi connectivity index (χ3n) is 3.33. The first-order valence-electron chi connectivity index (χ1n) is 6.85. The number of thiocarbonyl (C=S) groups is 1. The summed E-state index contributed by atoms with van der Waals surface area (Å²) >= 11 is 4.93. The van der Waals surface area contributed by atoms with Gasteiger partial charge in [0, 0.05) is 5.37 Å². The number of rotatable bonds is 5. The highest BCUT2D eigenvalue weighted by molar-refractivity contribution is 7.79. The van der Waals surface area contributed by atoms with Gasteiger partial charge in [-0.15, -0.1) is 0 Å². The van der Waals surface area contributed by atoms with Gasteiger partial charge in [0.1, 0.15) is 6.61 Å². The van der Waals surface area contributed by atoms with Gasteiger partial charge in [0.25, 0.3) is 0 Å². The molecule has 118 valence electrons. The topological polar surface area (TPSA) is 70.8 Å². The van der Waals surface area contributed by atoms with Crippen molar-refractivity contribution in [1.82, 2.24) is 0 Å². The molecule has 1 aromatic rings. The van der Waals surface area contributed by atoms with E-state index < -0.39 is 17.3 Å². The smallest absolute Gasteiger partial charge is 0.332 e. The van der Waals surface area contributed by atoms with E-state index in [9.17, 15) is 4.79 Å². The molecule has 2 rings (SSSR count). The van der Waals surface area contributed by atoms with Crippen molar-refractivity contribution in [3.05, 3.63) is 48.4 Å². The minimum atomic E-state index is -1.54. The number of carbonyl (C=O) groups excluding carboxylic acids is 1. The Kier molecular flexibility index (Phi) is 5.28. The first-order valence-corrected chi connectivity index (χ1v) is 7.32. The van der Waals surface area contributed by atoms with Crippen molar-refractivity contribution < 1.29 is 19.0 Å². The summed E-state index contributed by atoms with van der Waals surface area (Å²) in [4.78, 5) is 12.3. The van der Waals surface area contributed by atoms with Gasteiger partial charge in [0.2, 0.25) is 0 Å². The van der Waals surface area contributed by atoms with E-state index >= 15 is 0 Å². The van der Waals surface area contributed by atoms with Crippen molar-refractivity contribution in [3.8, 4) is 0 Å². The lowest BCUT2D eigenvalue weighted by Crippen LogP contribution is -2.58. The fourth-order valence-corrected chi connectivity index (χ4v) is 2.09. The molecular formula is C16H19NO4S. The molecule has 1 atom stereocenters. The lowest BCUT2D eigenvalue weighted by Gasteiger charge is -2.39. The zero-order valence-electron chi connectivity index (χ0n) is 12.6. The first kappa shape index (κ1) is 17.0. The Bertz CT molecular complexity index is 524. The number of benzene rings is 1. The molecule has 0 aliphatic carbocycles. The highest BCUT2D eigenvalue weighted by Gasteiger charge is 2.46. The molecule has 0 bridgehead atoms. The molecule has 2 radical (unpaired) electrons. The average Bonchev–Trinajstić information content (AvgIpc) is 2.52. The minimum absolute atomic E-state index is 0.127. The van der Waals surface area contributed by atoms with Crippen LogP contribution < -0.4 is 5.73 Å². The number of ether oxygens (including phenoxy) is 3. The second kappa shape index (κ2) is 6.83. The predicted octanol–water partition coefficient (Wildman–Crippen LogP) is 1.95. The second-order valence-electron chi connectivity index (χ2n) is 5.50. The molecule has 1 fully saturated rings. The summed E-state index contributed by atoms with van der Waals surface area (Å²) in [5.74, 6) is -0.954. The summed E-state index contributed by atoms with van der Waals surface area (Å²) < 4.78 is 16.2. The monoisotopic (exact) mass is 321 g/mol. The van der Waals surface area contributed by atoms with E-state index in [2.05, 4.69) is 0 Å². The van der Waals surface area contributed by atoms with E-state index in [4.69, 9.17) is 32.2 Å². The number of hydrogen-bond donors (Lipinski definition) is 1. The van der Waals surface area contributed by atoms with Crippen LogP contribution in [0.2, 0.25) is 0 Å². The molecule has 1 aliphatic rings. The largest absolute Gasteiger partial charge is 0.459 e. The molecule has 1 aromatic carbocycles. The van der Waals surface area contributed by atoms with Gasteiger partial charge in [-0.05, 0) is 19.4 Å². The van der Waals surface area contributed by atoms with Crippen LogP contribution >= 0.6 is 12.2 Å². The molecule has 0 aromatic heterocycles. The zero-order chi connectivity index (χ0) is 16.2. The van der Waals surface area contributed by atoms with Crippen molar-refractivity contribution >= 4 is 23.6 Å². The molecule has 5 nitrogen and oxygen atoms in total. The van der Waals surface area contributed by atoms with E-state index in [1.165, 1.54) is 12.0 Å². The van der Waals surface area contributed by atoms with Crippen LogP contribution in [0.3, 0.4) is 0 Å². The molecule has 0 amide bonds.